The molecule has 1 N–H and O–H groups in total. The van der Waals surface area contributed by atoms with E-state index in [-0.39, 0.29) is 0 Å². The molecule has 0 aromatic heterocycles. The van der Waals surface area contributed by atoms with E-state index in [1.165, 1.54) is 51.9 Å². The largest absolute Gasteiger partial charge is 0.314 e. The van der Waals surface area contributed by atoms with Gasteiger partial charge in [0, 0.05) is 19.1 Å². The summed E-state index contributed by atoms with van der Waals surface area (Å²) in [6.07, 6.45) is 5.62. The van der Waals surface area contributed by atoms with Gasteiger partial charge in [0.1, 0.15) is 0 Å². The van der Waals surface area contributed by atoms with Crippen molar-refractivity contribution < 1.29 is 0 Å². The molecule has 0 aliphatic carbocycles. The smallest absolute Gasteiger partial charge is 0.00794 e. The van der Waals surface area contributed by atoms with Gasteiger partial charge in [-0.2, -0.15) is 0 Å². The van der Waals surface area contributed by atoms with Crippen LogP contribution in [0.3, 0.4) is 0 Å². The molecule has 2 nitrogen and oxygen atoms in total. The fraction of sp³-hybridized carbons (Fsp3) is 1.00. The Balaban J connectivity index is 1.78. The Kier molecular flexibility index (Phi) is 4.04. The van der Waals surface area contributed by atoms with Gasteiger partial charge >= 0.3 is 0 Å². The van der Waals surface area contributed by atoms with Gasteiger partial charge in [-0.1, -0.05) is 19.8 Å². The summed E-state index contributed by atoms with van der Waals surface area (Å²) in [5.41, 5.74) is 0. The Morgan fingerprint density at radius 3 is 2.93 bits per heavy atom. The number of unbranched alkanes of at least 4 members (excludes halogenated alkanes) is 2. The molecule has 0 aromatic rings. The minimum atomic E-state index is 0.746. The molecule has 15 heavy (non-hydrogen) atoms. The number of nitrogens with one attached hydrogen (secondary N) is 1. The van der Waals surface area contributed by atoms with Crippen molar-refractivity contribution in [1.82, 2.24) is 10.2 Å². The molecule has 2 heteroatoms. The van der Waals surface area contributed by atoms with E-state index in [1.807, 2.05) is 0 Å². The van der Waals surface area contributed by atoms with Gasteiger partial charge in [0.05, 0.1) is 0 Å². The highest BCUT2D eigenvalue weighted by Crippen LogP contribution is 2.28. The number of rotatable bonds is 4. The topological polar surface area (TPSA) is 15.3 Å². The Labute approximate surface area is 94.4 Å². The minimum Gasteiger partial charge on any atom is -0.314 e. The summed E-state index contributed by atoms with van der Waals surface area (Å²) in [4.78, 5) is 2.71. The molecule has 2 aliphatic rings. The number of piperidine rings is 2. The van der Waals surface area contributed by atoms with Crippen molar-refractivity contribution in [3.05, 3.63) is 0 Å². The SMILES string of the molecule is CCCCCN1CC2CNC(C)C(C2)C1. The van der Waals surface area contributed by atoms with Crippen LogP contribution >= 0.6 is 0 Å². The Bertz CT molecular complexity index is 193. The van der Waals surface area contributed by atoms with Crippen LogP contribution in [0.25, 0.3) is 0 Å². The Morgan fingerprint density at radius 2 is 2.13 bits per heavy atom. The van der Waals surface area contributed by atoms with Crippen molar-refractivity contribution in [1.29, 1.82) is 0 Å². The zero-order chi connectivity index (χ0) is 10.7. The first-order valence-corrected chi connectivity index (χ1v) is 6.75. The van der Waals surface area contributed by atoms with E-state index in [0.29, 0.717) is 0 Å². The molecule has 0 amide bonds. The Hall–Kier alpha value is -0.0800. The lowest BCUT2D eigenvalue weighted by atomic mass is 9.81. The molecule has 2 fully saturated rings. The molecule has 0 radical (unpaired) electrons. The first kappa shape index (κ1) is 11.4. The fourth-order valence-corrected chi connectivity index (χ4v) is 3.15. The van der Waals surface area contributed by atoms with Crippen molar-refractivity contribution in [2.24, 2.45) is 11.8 Å². The van der Waals surface area contributed by atoms with Crippen molar-refractivity contribution in [2.45, 2.75) is 45.6 Å². The van der Waals surface area contributed by atoms with E-state index >= 15 is 0 Å². The van der Waals surface area contributed by atoms with Gasteiger partial charge in [-0.3, -0.25) is 0 Å². The van der Waals surface area contributed by atoms with Gasteiger partial charge < -0.3 is 10.2 Å². The summed E-state index contributed by atoms with van der Waals surface area (Å²) in [6.45, 7) is 9.93. The molecule has 0 spiro atoms. The van der Waals surface area contributed by atoms with Gasteiger partial charge in [0.2, 0.25) is 0 Å². The van der Waals surface area contributed by atoms with Crippen molar-refractivity contribution in [2.75, 3.05) is 26.2 Å². The first-order valence-electron chi connectivity index (χ1n) is 6.75. The highest BCUT2D eigenvalue weighted by Gasteiger charge is 2.33. The van der Waals surface area contributed by atoms with E-state index in [2.05, 4.69) is 24.1 Å². The van der Waals surface area contributed by atoms with Gasteiger partial charge in [-0.25, -0.2) is 0 Å². The average Bonchev–Trinajstić information content (AvgIpc) is 2.24. The summed E-state index contributed by atoms with van der Waals surface area (Å²) in [5.74, 6) is 1.85. The van der Waals surface area contributed by atoms with Crippen molar-refractivity contribution in [3.63, 3.8) is 0 Å². The van der Waals surface area contributed by atoms with Crippen LogP contribution in [0.15, 0.2) is 0 Å². The fourth-order valence-electron chi connectivity index (χ4n) is 3.15. The van der Waals surface area contributed by atoms with Gasteiger partial charge in [-0.05, 0) is 44.7 Å². The lowest BCUT2D eigenvalue weighted by molar-refractivity contribution is 0.0720. The molecular weight excluding hydrogens is 184 g/mol. The second-order valence-corrected chi connectivity index (χ2v) is 5.53. The predicted molar refractivity (Wildman–Crippen MR) is 65.0 cm³/mol. The maximum atomic E-state index is 3.65. The molecule has 0 aromatic carbocycles. The molecule has 3 unspecified atom stereocenters. The monoisotopic (exact) mass is 210 g/mol. The average molecular weight is 210 g/mol. The molecule has 3 atom stereocenters. The zero-order valence-electron chi connectivity index (χ0n) is 10.3. The van der Waals surface area contributed by atoms with Crippen LogP contribution in [0.5, 0.6) is 0 Å². The maximum absolute atomic E-state index is 3.65. The number of hydrogen-bond acceptors (Lipinski definition) is 2. The lowest BCUT2D eigenvalue weighted by Gasteiger charge is -2.45. The quantitative estimate of drug-likeness (QED) is 0.715. The van der Waals surface area contributed by atoms with E-state index < -0.39 is 0 Å². The van der Waals surface area contributed by atoms with Crippen molar-refractivity contribution >= 4 is 0 Å². The standard InChI is InChI=1S/C13H26N2/c1-3-4-5-6-15-9-12-7-13(10-15)11(2)14-8-12/h11-14H,3-10H2,1-2H3. The van der Waals surface area contributed by atoms with Crippen LogP contribution in [0.2, 0.25) is 0 Å². The number of hydrogen-bond donors (Lipinski definition) is 1. The van der Waals surface area contributed by atoms with E-state index in [0.717, 1.165) is 17.9 Å². The minimum absolute atomic E-state index is 0.746. The molecule has 2 bridgehead atoms. The molecular formula is C13H26N2. The van der Waals surface area contributed by atoms with Gasteiger partial charge in [0.25, 0.3) is 0 Å². The molecule has 2 rings (SSSR count). The Morgan fingerprint density at radius 1 is 1.27 bits per heavy atom. The number of nitrogens with zero attached hydrogens (tertiary/aromatic N) is 1. The normalized spacial score (nSPS) is 36.8. The molecule has 2 heterocycles. The molecule has 2 saturated heterocycles. The third-order valence-corrected chi connectivity index (χ3v) is 4.16. The van der Waals surface area contributed by atoms with E-state index in [4.69, 9.17) is 0 Å². The summed E-state index contributed by atoms with van der Waals surface area (Å²) < 4.78 is 0. The summed E-state index contributed by atoms with van der Waals surface area (Å²) in [7, 11) is 0. The van der Waals surface area contributed by atoms with Crippen molar-refractivity contribution in [3.8, 4) is 0 Å². The first-order chi connectivity index (χ1) is 7.29. The lowest BCUT2D eigenvalue weighted by Crippen LogP contribution is -2.55. The van der Waals surface area contributed by atoms with Crippen LogP contribution in [0.4, 0.5) is 0 Å². The van der Waals surface area contributed by atoms with Crippen LogP contribution in [-0.4, -0.2) is 37.1 Å². The van der Waals surface area contributed by atoms with Crippen LogP contribution in [0, 0.1) is 11.8 Å². The number of likely N-dealkylation sites (tertiary alicyclic amines) is 1. The number of fused-ring (bicyclic) bond motifs is 2. The maximum Gasteiger partial charge on any atom is 0.00794 e. The molecule has 0 saturated carbocycles. The molecule has 2 aliphatic heterocycles. The molecule has 88 valence electrons. The van der Waals surface area contributed by atoms with Crippen LogP contribution in [-0.2, 0) is 0 Å². The van der Waals surface area contributed by atoms with Crippen LogP contribution in [0.1, 0.15) is 39.5 Å². The van der Waals surface area contributed by atoms with Crippen LogP contribution < -0.4 is 5.32 Å². The highest BCUT2D eigenvalue weighted by molar-refractivity contribution is 4.90. The summed E-state index contributed by atoms with van der Waals surface area (Å²) in [5, 5.41) is 3.65. The predicted octanol–water partition coefficient (Wildman–Crippen LogP) is 2.11. The summed E-state index contributed by atoms with van der Waals surface area (Å²) in [6, 6.07) is 0.746. The third-order valence-electron chi connectivity index (χ3n) is 4.16. The van der Waals surface area contributed by atoms with E-state index in [1.54, 1.807) is 0 Å². The summed E-state index contributed by atoms with van der Waals surface area (Å²) >= 11 is 0. The van der Waals surface area contributed by atoms with Gasteiger partial charge in [0.15, 0.2) is 0 Å². The zero-order valence-corrected chi connectivity index (χ0v) is 10.3. The third kappa shape index (κ3) is 2.94. The van der Waals surface area contributed by atoms with Gasteiger partial charge in [-0.15, -0.1) is 0 Å². The van der Waals surface area contributed by atoms with E-state index in [9.17, 15) is 0 Å². The second kappa shape index (κ2) is 5.31. The second-order valence-electron chi connectivity index (χ2n) is 5.53. The highest BCUT2D eigenvalue weighted by atomic mass is 15.2.